The van der Waals surface area contributed by atoms with Crippen molar-refractivity contribution in [1.82, 2.24) is 4.90 Å². The molecular weight excluding hydrogens is 341 g/mol. The highest BCUT2D eigenvalue weighted by molar-refractivity contribution is 5.91. The van der Waals surface area contributed by atoms with Crippen LogP contribution in [0.15, 0.2) is 24.3 Å². The van der Waals surface area contributed by atoms with Gasteiger partial charge in [0.2, 0.25) is 0 Å². The average molecular weight is 360 g/mol. The second-order valence-corrected chi connectivity index (χ2v) is 5.84. The van der Waals surface area contributed by atoms with Crippen LogP contribution >= 0.6 is 0 Å². The summed E-state index contributed by atoms with van der Waals surface area (Å²) >= 11 is 0. The molecule has 138 valence electrons. The first-order chi connectivity index (χ1) is 11.9. The lowest BCUT2D eigenvalue weighted by molar-refractivity contribution is -0.274. The SMILES string of the molecule is O=C(Nc1ccccc1OC(F)(F)F)N1CCCCC1C1OCCO1. The molecule has 0 bridgehead atoms. The van der Waals surface area contributed by atoms with Gasteiger partial charge >= 0.3 is 12.4 Å². The molecule has 2 aliphatic rings. The summed E-state index contributed by atoms with van der Waals surface area (Å²) in [5, 5.41) is 2.51. The molecule has 2 amide bonds. The zero-order chi connectivity index (χ0) is 17.9. The summed E-state index contributed by atoms with van der Waals surface area (Å²) in [4.78, 5) is 14.2. The lowest BCUT2D eigenvalue weighted by Gasteiger charge is -2.37. The molecule has 6 nitrogen and oxygen atoms in total. The molecule has 3 rings (SSSR count). The number of rotatable bonds is 3. The number of likely N-dealkylation sites (tertiary alicyclic amines) is 1. The summed E-state index contributed by atoms with van der Waals surface area (Å²) in [6.07, 6.45) is -2.85. The molecular formula is C16H19F3N2O4. The predicted octanol–water partition coefficient (Wildman–Crippen LogP) is 3.34. The summed E-state index contributed by atoms with van der Waals surface area (Å²) < 4.78 is 52.5. The van der Waals surface area contributed by atoms with Crippen LogP contribution in [-0.4, -0.2) is 49.4 Å². The van der Waals surface area contributed by atoms with Crippen LogP contribution in [0.5, 0.6) is 5.75 Å². The van der Waals surface area contributed by atoms with Gasteiger partial charge in [-0.15, -0.1) is 13.2 Å². The van der Waals surface area contributed by atoms with Crippen LogP contribution in [0.1, 0.15) is 19.3 Å². The normalized spacial score (nSPS) is 22.0. The Morgan fingerprint density at radius 3 is 2.64 bits per heavy atom. The maximum atomic E-state index is 12.6. The van der Waals surface area contributed by atoms with Crippen molar-refractivity contribution in [1.29, 1.82) is 0 Å². The Kier molecular flexibility index (Phi) is 5.33. The molecule has 0 saturated carbocycles. The van der Waals surface area contributed by atoms with Crippen molar-refractivity contribution in [3.8, 4) is 5.75 Å². The largest absolute Gasteiger partial charge is 0.573 e. The summed E-state index contributed by atoms with van der Waals surface area (Å²) in [5.41, 5.74) is -0.0394. The van der Waals surface area contributed by atoms with E-state index in [0.717, 1.165) is 25.3 Å². The third-order valence-corrected chi connectivity index (χ3v) is 4.13. The van der Waals surface area contributed by atoms with Crippen molar-refractivity contribution in [3.63, 3.8) is 0 Å². The maximum Gasteiger partial charge on any atom is 0.573 e. The minimum atomic E-state index is -4.83. The highest BCUT2D eigenvalue weighted by Crippen LogP contribution is 2.31. The van der Waals surface area contributed by atoms with Crippen molar-refractivity contribution >= 4 is 11.7 Å². The third-order valence-electron chi connectivity index (χ3n) is 4.13. The number of nitrogens with zero attached hydrogens (tertiary/aromatic N) is 1. The minimum Gasteiger partial charge on any atom is -0.404 e. The maximum absolute atomic E-state index is 12.6. The molecule has 2 saturated heterocycles. The fourth-order valence-corrected chi connectivity index (χ4v) is 3.06. The van der Waals surface area contributed by atoms with Crippen LogP contribution < -0.4 is 10.1 Å². The van der Waals surface area contributed by atoms with Crippen molar-refractivity contribution in [2.24, 2.45) is 0 Å². The quantitative estimate of drug-likeness (QED) is 0.898. The van der Waals surface area contributed by atoms with Gasteiger partial charge in [-0.1, -0.05) is 12.1 Å². The monoisotopic (exact) mass is 360 g/mol. The number of carbonyl (C=O) groups is 1. The number of halogens is 3. The number of nitrogens with one attached hydrogen (secondary N) is 1. The second kappa shape index (κ2) is 7.49. The molecule has 1 aromatic carbocycles. The standard InChI is InChI=1S/C16H19F3N2O4/c17-16(18,19)25-13-7-2-1-5-11(13)20-15(22)21-8-4-3-6-12(21)14-23-9-10-24-14/h1-2,5,7,12,14H,3-4,6,8-10H2,(H,20,22). The Bertz CT molecular complexity index is 605. The van der Waals surface area contributed by atoms with Gasteiger partial charge in [-0.05, 0) is 31.4 Å². The summed E-state index contributed by atoms with van der Waals surface area (Å²) in [5.74, 6) is -0.453. The predicted molar refractivity (Wildman–Crippen MR) is 82.2 cm³/mol. The Balaban J connectivity index is 1.72. The Labute approximate surface area is 142 Å². The number of hydrogen-bond acceptors (Lipinski definition) is 4. The first-order valence-electron chi connectivity index (χ1n) is 8.10. The smallest absolute Gasteiger partial charge is 0.404 e. The fourth-order valence-electron chi connectivity index (χ4n) is 3.06. The van der Waals surface area contributed by atoms with Crippen LogP contribution in [0.4, 0.5) is 23.7 Å². The Morgan fingerprint density at radius 2 is 1.92 bits per heavy atom. The van der Waals surface area contributed by atoms with Crippen LogP contribution in [-0.2, 0) is 9.47 Å². The van der Waals surface area contributed by atoms with E-state index >= 15 is 0 Å². The van der Waals surface area contributed by atoms with Gasteiger partial charge in [-0.3, -0.25) is 0 Å². The molecule has 2 fully saturated rings. The topological polar surface area (TPSA) is 60.0 Å². The lowest BCUT2D eigenvalue weighted by atomic mass is 10.0. The zero-order valence-electron chi connectivity index (χ0n) is 13.4. The average Bonchev–Trinajstić information content (AvgIpc) is 3.10. The van der Waals surface area contributed by atoms with Crippen LogP contribution in [0.3, 0.4) is 0 Å². The van der Waals surface area contributed by atoms with Crippen molar-refractivity contribution < 1.29 is 32.2 Å². The van der Waals surface area contributed by atoms with Crippen LogP contribution in [0, 0.1) is 0 Å². The molecule has 1 unspecified atom stereocenters. The van der Waals surface area contributed by atoms with E-state index in [0.29, 0.717) is 19.8 Å². The van der Waals surface area contributed by atoms with Gasteiger partial charge in [-0.25, -0.2) is 4.79 Å². The van der Waals surface area contributed by atoms with Gasteiger partial charge in [0.05, 0.1) is 24.9 Å². The summed E-state index contributed by atoms with van der Waals surface area (Å²) in [6, 6.07) is 4.69. The van der Waals surface area contributed by atoms with E-state index in [9.17, 15) is 18.0 Å². The number of anilines is 1. The number of carbonyl (C=O) groups excluding carboxylic acids is 1. The Morgan fingerprint density at radius 1 is 1.20 bits per heavy atom. The summed E-state index contributed by atoms with van der Waals surface area (Å²) in [7, 11) is 0. The Hall–Kier alpha value is -2.00. The van der Waals surface area contributed by atoms with Crippen LogP contribution in [0.25, 0.3) is 0 Å². The second-order valence-electron chi connectivity index (χ2n) is 5.84. The number of ether oxygens (including phenoxy) is 3. The number of para-hydroxylation sites is 2. The molecule has 1 N–H and O–H groups in total. The first kappa shape index (κ1) is 17.8. The van der Waals surface area contributed by atoms with Crippen molar-refractivity contribution in [2.45, 2.75) is 38.0 Å². The molecule has 25 heavy (non-hydrogen) atoms. The highest BCUT2D eigenvalue weighted by Gasteiger charge is 2.37. The molecule has 0 aliphatic carbocycles. The van der Waals surface area contributed by atoms with Gasteiger partial charge in [0.15, 0.2) is 12.0 Å². The molecule has 9 heteroatoms. The van der Waals surface area contributed by atoms with Gasteiger partial charge in [0.1, 0.15) is 0 Å². The van der Waals surface area contributed by atoms with Crippen molar-refractivity contribution in [2.75, 3.05) is 25.1 Å². The van der Waals surface area contributed by atoms with E-state index in [4.69, 9.17) is 9.47 Å². The molecule has 2 aliphatic heterocycles. The molecule has 0 spiro atoms. The zero-order valence-corrected chi connectivity index (χ0v) is 13.4. The van der Waals surface area contributed by atoms with Gasteiger partial charge < -0.3 is 24.4 Å². The van der Waals surface area contributed by atoms with Gasteiger partial charge in [0.25, 0.3) is 0 Å². The number of benzene rings is 1. The minimum absolute atomic E-state index is 0.0394. The number of hydrogen-bond donors (Lipinski definition) is 1. The molecule has 2 heterocycles. The van der Waals surface area contributed by atoms with E-state index in [1.165, 1.54) is 18.2 Å². The van der Waals surface area contributed by atoms with E-state index in [2.05, 4.69) is 10.1 Å². The molecule has 1 aromatic rings. The molecule has 1 atom stereocenters. The summed E-state index contributed by atoms with van der Waals surface area (Å²) in [6.45, 7) is 1.43. The van der Waals surface area contributed by atoms with E-state index in [-0.39, 0.29) is 11.7 Å². The highest BCUT2D eigenvalue weighted by atomic mass is 19.4. The van der Waals surface area contributed by atoms with Crippen LogP contribution in [0.2, 0.25) is 0 Å². The van der Waals surface area contributed by atoms with E-state index < -0.39 is 24.4 Å². The van der Waals surface area contributed by atoms with Gasteiger partial charge in [0, 0.05) is 6.54 Å². The molecule has 0 radical (unpaired) electrons. The van der Waals surface area contributed by atoms with Gasteiger partial charge in [-0.2, -0.15) is 0 Å². The van der Waals surface area contributed by atoms with Crippen molar-refractivity contribution in [3.05, 3.63) is 24.3 Å². The third kappa shape index (κ3) is 4.55. The number of urea groups is 1. The first-order valence-corrected chi connectivity index (χ1v) is 8.10. The fraction of sp³-hybridized carbons (Fsp3) is 0.562. The van der Waals surface area contributed by atoms with E-state index in [1.807, 2.05) is 0 Å². The lowest BCUT2D eigenvalue weighted by Crippen LogP contribution is -2.51. The number of amides is 2. The van der Waals surface area contributed by atoms with E-state index in [1.54, 1.807) is 4.90 Å². The number of piperidine rings is 1. The number of alkyl halides is 3. The molecule has 0 aromatic heterocycles.